The minimum absolute atomic E-state index is 0.142. The number of nitro groups is 1. The van der Waals surface area contributed by atoms with Crippen LogP contribution in [-0.4, -0.2) is 36.3 Å². The number of ether oxygens (including phenoxy) is 1. The van der Waals surface area contributed by atoms with Crippen LogP contribution in [0.25, 0.3) is 0 Å². The van der Waals surface area contributed by atoms with Gasteiger partial charge in [-0.1, -0.05) is 0 Å². The van der Waals surface area contributed by atoms with E-state index in [0.29, 0.717) is 5.69 Å². The van der Waals surface area contributed by atoms with E-state index < -0.39 is 29.7 Å². The van der Waals surface area contributed by atoms with Crippen molar-refractivity contribution in [3.05, 3.63) is 34.4 Å². The number of hydrogen-bond donors (Lipinski definition) is 2. The van der Waals surface area contributed by atoms with E-state index in [-0.39, 0.29) is 18.7 Å². The van der Waals surface area contributed by atoms with E-state index in [0.717, 1.165) is 0 Å². The van der Waals surface area contributed by atoms with Crippen molar-refractivity contribution < 1.29 is 32.4 Å². The maximum Gasteiger partial charge on any atom is 0.422 e. The van der Waals surface area contributed by atoms with Crippen molar-refractivity contribution >= 4 is 23.4 Å². The minimum atomic E-state index is -4.62. The quantitative estimate of drug-likeness (QED) is 0.612. The van der Waals surface area contributed by atoms with Gasteiger partial charge in [-0.15, -0.1) is 0 Å². The number of hydrogen-bond acceptors (Lipinski definition) is 5. The number of carbonyl (C=O) groups excluding carboxylic acids is 2. The Bertz CT molecular complexity index is 574. The van der Waals surface area contributed by atoms with Crippen LogP contribution >= 0.6 is 0 Å². The van der Waals surface area contributed by atoms with Crippen molar-refractivity contribution in [3.8, 4) is 0 Å². The molecule has 0 aliphatic rings. The second-order valence-corrected chi connectivity index (χ2v) is 4.22. The molecule has 2 N–H and O–H groups in total. The third-order valence-corrected chi connectivity index (χ3v) is 2.35. The van der Waals surface area contributed by atoms with Gasteiger partial charge in [0.15, 0.2) is 6.61 Å². The normalized spacial score (nSPS) is 10.7. The van der Waals surface area contributed by atoms with Crippen LogP contribution in [-0.2, 0) is 9.53 Å². The van der Waals surface area contributed by atoms with Crippen LogP contribution in [0, 0.1) is 10.1 Å². The highest BCUT2D eigenvalue weighted by Crippen LogP contribution is 2.15. The van der Waals surface area contributed by atoms with Crippen molar-refractivity contribution in [2.45, 2.75) is 12.6 Å². The number of nitrogens with zero attached hydrogens (tertiary/aromatic N) is 1. The molecule has 0 atom stereocenters. The molecule has 23 heavy (non-hydrogen) atoms. The molecular weight excluding hydrogens is 323 g/mol. The third-order valence-electron chi connectivity index (χ3n) is 2.35. The lowest BCUT2D eigenvalue weighted by atomic mass is 10.2. The molecule has 126 valence electrons. The Morgan fingerprint density at radius 1 is 1.22 bits per heavy atom. The first-order valence-electron chi connectivity index (χ1n) is 6.19. The van der Waals surface area contributed by atoms with Gasteiger partial charge in [0.25, 0.3) is 5.69 Å². The van der Waals surface area contributed by atoms with E-state index in [1.165, 1.54) is 24.3 Å². The Kier molecular flexibility index (Phi) is 6.30. The summed E-state index contributed by atoms with van der Waals surface area (Å²) in [4.78, 5) is 32.3. The van der Waals surface area contributed by atoms with Crippen LogP contribution in [0.2, 0.25) is 0 Å². The minimum Gasteiger partial charge on any atom is -0.440 e. The Morgan fingerprint density at radius 3 is 2.35 bits per heavy atom. The summed E-state index contributed by atoms with van der Waals surface area (Å²) in [5.74, 6) is -0.532. The summed E-state index contributed by atoms with van der Waals surface area (Å²) < 4.78 is 39.2. The van der Waals surface area contributed by atoms with Gasteiger partial charge in [-0.3, -0.25) is 14.9 Å². The summed E-state index contributed by atoms with van der Waals surface area (Å²) in [7, 11) is 0. The number of nitro benzene ring substituents is 1. The number of amides is 2. The molecule has 2 amide bonds. The lowest BCUT2D eigenvalue weighted by Gasteiger charge is -2.09. The monoisotopic (exact) mass is 335 g/mol. The number of non-ortho nitro benzene ring substituents is 1. The number of rotatable bonds is 6. The van der Waals surface area contributed by atoms with Crippen LogP contribution in [0.3, 0.4) is 0 Å². The van der Waals surface area contributed by atoms with Crippen molar-refractivity contribution in [2.75, 3.05) is 18.5 Å². The predicted octanol–water partition coefficient (Wildman–Crippen LogP) is 2.21. The van der Waals surface area contributed by atoms with Crippen molar-refractivity contribution in [1.29, 1.82) is 0 Å². The molecule has 0 saturated heterocycles. The van der Waals surface area contributed by atoms with Crippen molar-refractivity contribution in [1.82, 2.24) is 5.32 Å². The second-order valence-electron chi connectivity index (χ2n) is 4.22. The van der Waals surface area contributed by atoms with E-state index >= 15 is 0 Å². The molecule has 8 nitrogen and oxygen atoms in total. The highest BCUT2D eigenvalue weighted by molar-refractivity contribution is 5.91. The fourth-order valence-corrected chi connectivity index (χ4v) is 1.37. The lowest BCUT2D eigenvalue weighted by Crippen LogP contribution is -2.31. The van der Waals surface area contributed by atoms with Crippen LogP contribution < -0.4 is 10.6 Å². The van der Waals surface area contributed by atoms with E-state index in [1.54, 1.807) is 0 Å². The molecule has 1 aromatic carbocycles. The number of nitrogens with one attached hydrogen (secondary N) is 2. The van der Waals surface area contributed by atoms with Crippen LogP contribution in [0.4, 0.5) is 29.3 Å². The number of benzene rings is 1. The molecule has 0 heterocycles. The summed E-state index contributed by atoms with van der Waals surface area (Å²) in [5, 5.41) is 14.8. The predicted molar refractivity (Wildman–Crippen MR) is 71.7 cm³/mol. The molecule has 1 aromatic rings. The van der Waals surface area contributed by atoms with Gasteiger partial charge >= 0.3 is 12.3 Å². The average Bonchev–Trinajstić information content (AvgIpc) is 2.45. The Balaban J connectivity index is 2.29. The molecule has 0 aromatic heterocycles. The summed E-state index contributed by atoms with van der Waals surface area (Å²) in [6.45, 7) is -1.94. The zero-order valence-electron chi connectivity index (χ0n) is 11.6. The molecule has 0 aliphatic carbocycles. The number of halogens is 3. The van der Waals surface area contributed by atoms with E-state index in [4.69, 9.17) is 0 Å². The van der Waals surface area contributed by atoms with Gasteiger partial charge in [-0.05, 0) is 12.1 Å². The van der Waals surface area contributed by atoms with E-state index in [2.05, 4.69) is 10.1 Å². The SMILES string of the molecule is O=C(CCNC(=O)OCC(F)(F)F)Nc1ccc([N+](=O)[O-])cc1. The van der Waals surface area contributed by atoms with Crippen LogP contribution in [0.5, 0.6) is 0 Å². The van der Waals surface area contributed by atoms with Crippen LogP contribution in [0.1, 0.15) is 6.42 Å². The first kappa shape index (κ1) is 18.2. The number of anilines is 1. The molecule has 0 radical (unpaired) electrons. The molecule has 0 fully saturated rings. The number of alkyl carbamates (subject to hydrolysis) is 1. The molecule has 0 unspecified atom stereocenters. The molecule has 11 heteroatoms. The average molecular weight is 335 g/mol. The maximum absolute atomic E-state index is 11.8. The van der Waals surface area contributed by atoms with Gasteiger partial charge in [-0.2, -0.15) is 13.2 Å². The summed E-state index contributed by atoms with van der Waals surface area (Å²) >= 11 is 0. The smallest absolute Gasteiger partial charge is 0.422 e. The van der Waals surface area contributed by atoms with Gasteiger partial charge in [0.1, 0.15) is 0 Å². The van der Waals surface area contributed by atoms with Crippen LogP contribution in [0.15, 0.2) is 24.3 Å². The van der Waals surface area contributed by atoms with Crippen molar-refractivity contribution in [2.24, 2.45) is 0 Å². The number of alkyl halides is 3. The number of carbonyl (C=O) groups is 2. The molecule has 0 bridgehead atoms. The fraction of sp³-hybridized carbons (Fsp3) is 0.333. The molecule has 0 spiro atoms. The molecule has 0 aliphatic heterocycles. The Hall–Kier alpha value is -2.85. The first-order chi connectivity index (χ1) is 10.7. The largest absolute Gasteiger partial charge is 0.440 e. The van der Waals surface area contributed by atoms with Crippen molar-refractivity contribution in [3.63, 3.8) is 0 Å². The lowest BCUT2D eigenvalue weighted by molar-refractivity contribution is -0.384. The zero-order valence-corrected chi connectivity index (χ0v) is 11.6. The summed E-state index contributed by atoms with van der Waals surface area (Å²) in [6.07, 6.45) is -6.12. The third kappa shape index (κ3) is 7.64. The first-order valence-corrected chi connectivity index (χ1v) is 6.19. The van der Waals surface area contributed by atoms with Gasteiger partial charge in [0.2, 0.25) is 5.91 Å². The standard InChI is InChI=1S/C12H12F3N3O5/c13-12(14,15)7-23-11(20)16-6-5-10(19)17-8-1-3-9(4-2-8)18(21)22/h1-4H,5-7H2,(H,16,20)(H,17,19). The second kappa shape index (κ2) is 7.96. The van der Waals surface area contributed by atoms with Gasteiger partial charge in [-0.25, -0.2) is 4.79 Å². The van der Waals surface area contributed by atoms with Gasteiger partial charge in [0.05, 0.1) is 4.92 Å². The molecule has 0 saturated carbocycles. The Morgan fingerprint density at radius 2 is 1.83 bits per heavy atom. The summed E-state index contributed by atoms with van der Waals surface area (Å²) in [5.41, 5.74) is 0.164. The molecular formula is C12H12F3N3O5. The van der Waals surface area contributed by atoms with Gasteiger partial charge < -0.3 is 15.4 Å². The van der Waals surface area contributed by atoms with Gasteiger partial charge in [0, 0.05) is 30.8 Å². The van der Waals surface area contributed by atoms with E-state index in [1.807, 2.05) is 5.32 Å². The maximum atomic E-state index is 11.8. The molecule has 1 rings (SSSR count). The fourth-order valence-electron chi connectivity index (χ4n) is 1.37. The highest BCUT2D eigenvalue weighted by Gasteiger charge is 2.29. The highest BCUT2D eigenvalue weighted by atomic mass is 19.4. The topological polar surface area (TPSA) is 111 Å². The zero-order chi connectivity index (χ0) is 17.5. The Labute approximate surface area is 127 Å². The van der Waals surface area contributed by atoms with E-state index in [9.17, 15) is 32.9 Å². The summed E-state index contributed by atoms with van der Waals surface area (Å²) in [6, 6.07) is 5.03.